The molecule has 2 heterocycles. The van der Waals surface area contributed by atoms with E-state index < -0.39 is 12.1 Å². The Kier molecular flexibility index (Phi) is 6.75. The number of amides is 2. The summed E-state index contributed by atoms with van der Waals surface area (Å²) in [6.07, 6.45) is 0.702. The Balaban J connectivity index is 1.73. The van der Waals surface area contributed by atoms with Crippen molar-refractivity contribution < 1.29 is 14.3 Å². The summed E-state index contributed by atoms with van der Waals surface area (Å²) in [5.41, 5.74) is 5.27. The van der Waals surface area contributed by atoms with E-state index in [9.17, 15) is 9.59 Å². The molecule has 2 amide bonds. The van der Waals surface area contributed by atoms with Crippen LogP contribution in [0.4, 0.5) is 11.4 Å². The monoisotopic (exact) mass is 477 g/mol. The molecule has 1 aromatic heterocycles. The minimum atomic E-state index is -0.720. The third-order valence-corrected chi connectivity index (χ3v) is 7.19. The number of anilines is 2. The standard InChI is InChI=1S/C27H31N3O3S/c1-7-19-11-9-10-15(3)24(19)29-26(31)16(4)30-21-14-20(25-17(5)34-18(6)28-25)12-13-23(21)33-22(8-2)27(30)32/h9-14,16,22H,7-8H2,1-6H3,(H,29,31). The van der Waals surface area contributed by atoms with Gasteiger partial charge in [0.1, 0.15) is 11.8 Å². The number of fused-ring (bicyclic) bond motifs is 1. The molecule has 0 saturated carbocycles. The minimum Gasteiger partial charge on any atom is -0.478 e. The van der Waals surface area contributed by atoms with Gasteiger partial charge >= 0.3 is 0 Å². The number of hydrogen-bond donors (Lipinski definition) is 1. The lowest BCUT2D eigenvalue weighted by molar-refractivity contribution is -0.129. The van der Waals surface area contributed by atoms with E-state index in [1.165, 1.54) is 0 Å². The fraction of sp³-hybridized carbons (Fsp3) is 0.370. The number of para-hydroxylation sites is 1. The fourth-order valence-electron chi connectivity index (χ4n) is 4.43. The van der Waals surface area contributed by atoms with Gasteiger partial charge in [0, 0.05) is 16.1 Å². The molecule has 34 heavy (non-hydrogen) atoms. The number of ether oxygens (including phenoxy) is 1. The van der Waals surface area contributed by atoms with Crippen LogP contribution in [0.5, 0.6) is 5.75 Å². The summed E-state index contributed by atoms with van der Waals surface area (Å²) in [7, 11) is 0. The van der Waals surface area contributed by atoms with Crippen molar-refractivity contribution in [1.82, 2.24) is 4.98 Å². The fourth-order valence-corrected chi connectivity index (χ4v) is 5.27. The van der Waals surface area contributed by atoms with Gasteiger partial charge in [-0.05, 0) is 69.9 Å². The predicted octanol–water partition coefficient (Wildman–Crippen LogP) is 5.83. The first-order chi connectivity index (χ1) is 16.2. The molecule has 6 nitrogen and oxygen atoms in total. The molecule has 3 aromatic rings. The number of benzene rings is 2. The number of aromatic nitrogens is 1. The van der Waals surface area contributed by atoms with Crippen molar-refractivity contribution >= 4 is 34.5 Å². The third kappa shape index (κ3) is 4.32. The van der Waals surface area contributed by atoms with Gasteiger partial charge in [0.25, 0.3) is 5.91 Å². The summed E-state index contributed by atoms with van der Waals surface area (Å²) in [5.74, 6) is 0.164. The molecular formula is C27H31N3O3S. The highest BCUT2D eigenvalue weighted by molar-refractivity contribution is 7.11. The summed E-state index contributed by atoms with van der Waals surface area (Å²) in [5, 5.41) is 4.07. The molecule has 178 valence electrons. The molecule has 2 aromatic carbocycles. The maximum absolute atomic E-state index is 13.4. The molecule has 2 unspecified atom stereocenters. The number of rotatable bonds is 6. The van der Waals surface area contributed by atoms with Crippen LogP contribution < -0.4 is 15.0 Å². The summed E-state index contributed by atoms with van der Waals surface area (Å²) in [4.78, 5) is 34.2. The Morgan fingerprint density at radius 1 is 1.21 bits per heavy atom. The van der Waals surface area contributed by atoms with Crippen molar-refractivity contribution in [1.29, 1.82) is 0 Å². The molecule has 1 N–H and O–H groups in total. The molecule has 0 aliphatic carbocycles. The van der Waals surface area contributed by atoms with Crippen LogP contribution in [0.25, 0.3) is 11.3 Å². The highest BCUT2D eigenvalue weighted by atomic mass is 32.1. The lowest BCUT2D eigenvalue weighted by atomic mass is 10.0. The average molecular weight is 478 g/mol. The van der Waals surface area contributed by atoms with Gasteiger partial charge in [-0.2, -0.15) is 0 Å². The van der Waals surface area contributed by atoms with Crippen molar-refractivity contribution in [3.63, 3.8) is 0 Å². The van der Waals surface area contributed by atoms with Crippen molar-refractivity contribution in [2.24, 2.45) is 0 Å². The first kappa shape index (κ1) is 24.0. The maximum atomic E-state index is 13.4. The van der Waals surface area contributed by atoms with Gasteiger partial charge in [0.15, 0.2) is 6.10 Å². The normalized spacial score (nSPS) is 16.1. The van der Waals surface area contributed by atoms with Crippen LogP contribution in [0.15, 0.2) is 36.4 Å². The Bertz CT molecular complexity index is 1250. The van der Waals surface area contributed by atoms with E-state index in [0.717, 1.165) is 44.4 Å². The van der Waals surface area contributed by atoms with E-state index in [2.05, 4.69) is 17.2 Å². The maximum Gasteiger partial charge on any atom is 0.268 e. The van der Waals surface area contributed by atoms with Gasteiger partial charge in [-0.1, -0.05) is 32.0 Å². The Hall–Kier alpha value is -3.19. The van der Waals surface area contributed by atoms with Crippen molar-refractivity contribution in [2.75, 3.05) is 10.2 Å². The lowest BCUT2D eigenvalue weighted by Gasteiger charge is -2.37. The first-order valence-corrected chi connectivity index (χ1v) is 12.5. The lowest BCUT2D eigenvalue weighted by Crippen LogP contribution is -2.53. The van der Waals surface area contributed by atoms with Gasteiger partial charge in [-0.25, -0.2) is 4.98 Å². The zero-order valence-corrected chi connectivity index (χ0v) is 21.4. The molecule has 0 saturated heterocycles. The van der Waals surface area contributed by atoms with Crippen LogP contribution >= 0.6 is 11.3 Å². The molecular weight excluding hydrogens is 446 g/mol. The summed E-state index contributed by atoms with van der Waals surface area (Å²) < 4.78 is 6.01. The van der Waals surface area contributed by atoms with Crippen LogP contribution in [0.2, 0.25) is 0 Å². The van der Waals surface area contributed by atoms with Crippen LogP contribution in [0, 0.1) is 20.8 Å². The Morgan fingerprint density at radius 3 is 2.62 bits per heavy atom. The molecule has 1 aliphatic heterocycles. The summed E-state index contributed by atoms with van der Waals surface area (Å²) >= 11 is 1.64. The van der Waals surface area contributed by atoms with E-state index in [1.54, 1.807) is 23.2 Å². The highest BCUT2D eigenvalue weighted by Crippen LogP contribution is 2.40. The number of carbonyl (C=O) groups is 2. The van der Waals surface area contributed by atoms with Crippen LogP contribution in [0.3, 0.4) is 0 Å². The van der Waals surface area contributed by atoms with E-state index in [-0.39, 0.29) is 11.8 Å². The molecule has 1 aliphatic rings. The average Bonchev–Trinajstić information content (AvgIpc) is 3.16. The molecule has 4 rings (SSSR count). The van der Waals surface area contributed by atoms with Crippen LogP contribution in [0.1, 0.15) is 48.2 Å². The van der Waals surface area contributed by atoms with Crippen molar-refractivity contribution in [3.8, 4) is 17.0 Å². The molecule has 7 heteroatoms. The topological polar surface area (TPSA) is 71.5 Å². The van der Waals surface area contributed by atoms with Gasteiger partial charge in [0.05, 0.1) is 16.4 Å². The molecule has 0 radical (unpaired) electrons. The number of carbonyl (C=O) groups excluding carboxylic acids is 2. The van der Waals surface area contributed by atoms with Gasteiger partial charge in [-0.3, -0.25) is 14.5 Å². The third-order valence-electron chi connectivity index (χ3n) is 6.30. The number of aryl methyl sites for hydroxylation is 4. The van der Waals surface area contributed by atoms with Crippen molar-refractivity contribution in [2.45, 2.75) is 66.5 Å². The van der Waals surface area contributed by atoms with Gasteiger partial charge in [0.2, 0.25) is 5.91 Å². The van der Waals surface area contributed by atoms with E-state index in [0.29, 0.717) is 17.9 Å². The largest absolute Gasteiger partial charge is 0.478 e. The first-order valence-electron chi connectivity index (χ1n) is 11.7. The molecule has 0 bridgehead atoms. The van der Waals surface area contributed by atoms with E-state index >= 15 is 0 Å². The second-order valence-corrected chi connectivity index (χ2v) is 10.1. The number of nitrogens with one attached hydrogen (secondary N) is 1. The number of thiazole rings is 1. The second-order valence-electron chi connectivity index (χ2n) is 8.67. The van der Waals surface area contributed by atoms with Gasteiger partial charge in [-0.15, -0.1) is 11.3 Å². The predicted molar refractivity (Wildman–Crippen MR) is 138 cm³/mol. The molecule has 2 atom stereocenters. The number of nitrogens with zero attached hydrogens (tertiary/aromatic N) is 2. The van der Waals surface area contributed by atoms with Crippen molar-refractivity contribution in [3.05, 3.63) is 57.4 Å². The highest BCUT2D eigenvalue weighted by Gasteiger charge is 2.39. The minimum absolute atomic E-state index is 0.207. The zero-order valence-electron chi connectivity index (χ0n) is 20.6. The quantitative estimate of drug-likeness (QED) is 0.485. The SMILES string of the molecule is CCc1cccc(C)c1NC(=O)C(C)N1C(=O)C(CC)Oc2ccc(-c3nc(C)sc3C)cc21. The zero-order chi connectivity index (χ0) is 24.6. The number of hydrogen-bond acceptors (Lipinski definition) is 5. The van der Waals surface area contributed by atoms with Crippen LogP contribution in [-0.2, 0) is 16.0 Å². The summed E-state index contributed by atoms with van der Waals surface area (Å²) in [6.45, 7) is 11.7. The molecule has 0 fully saturated rings. The molecule has 0 spiro atoms. The van der Waals surface area contributed by atoms with Crippen LogP contribution in [-0.4, -0.2) is 28.9 Å². The second kappa shape index (κ2) is 9.58. The summed E-state index contributed by atoms with van der Waals surface area (Å²) in [6, 6.07) is 11.0. The van der Waals surface area contributed by atoms with Gasteiger partial charge < -0.3 is 10.1 Å². The van der Waals surface area contributed by atoms with E-state index in [1.807, 2.05) is 64.1 Å². The van der Waals surface area contributed by atoms with E-state index in [4.69, 9.17) is 4.74 Å². The Morgan fingerprint density at radius 2 is 1.97 bits per heavy atom. The smallest absolute Gasteiger partial charge is 0.268 e. The Labute approximate surface area is 205 Å².